The molecule has 0 spiro atoms. The first-order valence-corrected chi connectivity index (χ1v) is 5.37. The first-order valence-electron chi connectivity index (χ1n) is 5.37. The molecule has 5 nitrogen and oxygen atoms in total. The molecular weight excluding hydrogens is 220 g/mol. The Kier molecular flexibility index (Phi) is 3.39. The number of imidazole rings is 1. The standard InChI is InChI=1S/C12H14N2O3/c1-17-7-6-11-13-9-4-2-3-5-10(9)14(11)8-12(15)16/h2-5H,6-8H2,1H3,(H,15,16). The van der Waals surface area contributed by atoms with Crippen molar-refractivity contribution in [1.29, 1.82) is 0 Å². The number of aliphatic carboxylic acids is 1. The van der Waals surface area contributed by atoms with Crippen LogP contribution >= 0.6 is 0 Å². The highest BCUT2D eigenvalue weighted by Crippen LogP contribution is 2.16. The number of carbonyl (C=O) groups is 1. The summed E-state index contributed by atoms with van der Waals surface area (Å²) in [5, 5.41) is 8.91. The molecule has 17 heavy (non-hydrogen) atoms. The summed E-state index contributed by atoms with van der Waals surface area (Å²) in [4.78, 5) is 15.3. The summed E-state index contributed by atoms with van der Waals surface area (Å²) in [6.07, 6.45) is 0.610. The van der Waals surface area contributed by atoms with E-state index in [1.54, 1.807) is 11.7 Å². The molecule has 1 heterocycles. The molecule has 0 fully saturated rings. The number of ether oxygens (including phenoxy) is 1. The maximum absolute atomic E-state index is 10.9. The van der Waals surface area contributed by atoms with E-state index in [4.69, 9.17) is 9.84 Å². The molecule has 0 aliphatic heterocycles. The van der Waals surface area contributed by atoms with E-state index < -0.39 is 5.97 Å². The fourth-order valence-electron chi connectivity index (χ4n) is 1.82. The van der Waals surface area contributed by atoms with Crippen molar-refractivity contribution >= 4 is 17.0 Å². The molecule has 0 saturated heterocycles. The van der Waals surface area contributed by atoms with Gasteiger partial charge in [-0.1, -0.05) is 12.1 Å². The topological polar surface area (TPSA) is 64.4 Å². The third-order valence-corrected chi connectivity index (χ3v) is 2.56. The van der Waals surface area contributed by atoms with Crippen molar-refractivity contribution in [3.8, 4) is 0 Å². The van der Waals surface area contributed by atoms with Gasteiger partial charge in [-0.05, 0) is 12.1 Å². The van der Waals surface area contributed by atoms with Crippen molar-refractivity contribution < 1.29 is 14.6 Å². The van der Waals surface area contributed by atoms with Crippen molar-refractivity contribution in [2.24, 2.45) is 0 Å². The summed E-state index contributed by atoms with van der Waals surface area (Å²) in [7, 11) is 1.62. The number of benzene rings is 1. The Morgan fingerprint density at radius 2 is 2.24 bits per heavy atom. The van der Waals surface area contributed by atoms with Crippen LogP contribution in [0.3, 0.4) is 0 Å². The van der Waals surface area contributed by atoms with Gasteiger partial charge in [0.05, 0.1) is 17.6 Å². The Morgan fingerprint density at radius 1 is 1.47 bits per heavy atom. The SMILES string of the molecule is COCCc1nc2ccccc2n1CC(=O)O. The highest BCUT2D eigenvalue weighted by Gasteiger charge is 2.12. The van der Waals surface area contributed by atoms with Gasteiger partial charge in [-0.2, -0.15) is 0 Å². The lowest BCUT2D eigenvalue weighted by Gasteiger charge is -2.05. The van der Waals surface area contributed by atoms with E-state index in [2.05, 4.69) is 4.98 Å². The molecule has 1 N–H and O–H groups in total. The third kappa shape index (κ3) is 2.45. The van der Waals surface area contributed by atoms with Gasteiger partial charge in [-0.15, -0.1) is 0 Å². The molecule has 90 valence electrons. The highest BCUT2D eigenvalue weighted by atomic mass is 16.5. The maximum Gasteiger partial charge on any atom is 0.323 e. The average Bonchev–Trinajstić information content (AvgIpc) is 2.64. The van der Waals surface area contributed by atoms with Gasteiger partial charge in [0.2, 0.25) is 0 Å². The van der Waals surface area contributed by atoms with E-state index in [9.17, 15) is 4.79 Å². The number of rotatable bonds is 5. The number of hydrogen-bond acceptors (Lipinski definition) is 3. The lowest BCUT2D eigenvalue weighted by Crippen LogP contribution is -2.13. The van der Waals surface area contributed by atoms with Crippen molar-refractivity contribution in [3.63, 3.8) is 0 Å². The molecule has 0 saturated carbocycles. The molecule has 0 aliphatic rings. The Hall–Kier alpha value is -1.88. The minimum absolute atomic E-state index is 0.0699. The molecule has 0 amide bonds. The molecule has 0 unspecified atom stereocenters. The molecule has 0 radical (unpaired) electrons. The number of methoxy groups -OCH3 is 1. The summed E-state index contributed by atoms with van der Waals surface area (Å²) >= 11 is 0. The van der Waals surface area contributed by atoms with Crippen molar-refractivity contribution in [2.75, 3.05) is 13.7 Å². The van der Waals surface area contributed by atoms with Crippen LogP contribution < -0.4 is 0 Å². The van der Waals surface area contributed by atoms with Crippen LogP contribution in [0.1, 0.15) is 5.82 Å². The smallest absolute Gasteiger partial charge is 0.323 e. The van der Waals surface area contributed by atoms with E-state index in [1.165, 1.54) is 0 Å². The van der Waals surface area contributed by atoms with Crippen LogP contribution in [0.15, 0.2) is 24.3 Å². The van der Waals surface area contributed by atoms with Gasteiger partial charge in [0.1, 0.15) is 12.4 Å². The van der Waals surface area contributed by atoms with Gasteiger partial charge >= 0.3 is 5.97 Å². The van der Waals surface area contributed by atoms with Crippen LogP contribution in [0, 0.1) is 0 Å². The minimum Gasteiger partial charge on any atom is -0.480 e. The lowest BCUT2D eigenvalue weighted by atomic mass is 10.3. The zero-order chi connectivity index (χ0) is 12.3. The van der Waals surface area contributed by atoms with E-state index in [1.807, 2.05) is 24.3 Å². The minimum atomic E-state index is -0.869. The summed E-state index contributed by atoms with van der Waals surface area (Å²) in [6, 6.07) is 7.52. The average molecular weight is 234 g/mol. The number of carboxylic acids is 1. The van der Waals surface area contributed by atoms with Gasteiger partial charge in [-0.3, -0.25) is 4.79 Å². The Morgan fingerprint density at radius 3 is 2.94 bits per heavy atom. The van der Waals surface area contributed by atoms with Crippen LogP contribution in [0.2, 0.25) is 0 Å². The molecule has 0 atom stereocenters. The molecular formula is C12H14N2O3. The van der Waals surface area contributed by atoms with E-state index in [0.29, 0.717) is 13.0 Å². The number of hydrogen-bond donors (Lipinski definition) is 1. The summed E-state index contributed by atoms with van der Waals surface area (Å²) in [6.45, 7) is 0.461. The molecule has 5 heteroatoms. The van der Waals surface area contributed by atoms with Crippen LogP contribution in [-0.2, 0) is 22.5 Å². The number of para-hydroxylation sites is 2. The van der Waals surface area contributed by atoms with Crippen LogP contribution in [-0.4, -0.2) is 34.3 Å². The molecule has 2 aromatic rings. The van der Waals surface area contributed by atoms with Crippen LogP contribution in [0.25, 0.3) is 11.0 Å². The fraction of sp³-hybridized carbons (Fsp3) is 0.333. The Bertz CT molecular complexity index is 534. The first kappa shape index (κ1) is 11.6. The zero-order valence-corrected chi connectivity index (χ0v) is 9.59. The number of nitrogens with zero attached hydrogens (tertiary/aromatic N) is 2. The highest BCUT2D eigenvalue weighted by molar-refractivity contribution is 5.78. The summed E-state index contributed by atoms with van der Waals surface area (Å²) < 4.78 is 6.72. The number of aromatic nitrogens is 2. The second kappa shape index (κ2) is 4.97. The Balaban J connectivity index is 2.44. The molecule has 2 rings (SSSR count). The maximum atomic E-state index is 10.9. The normalized spacial score (nSPS) is 10.9. The predicted molar refractivity (Wildman–Crippen MR) is 62.9 cm³/mol. The quantitative estimate of drug-likeness (QED) is 0.847. The Labute approximate surface area is 98.6 Å². The summed E-state index contributed by atoms with van der Waals surface area (Å²) in [5.41, 5.74) is 1.67. The van der Waals surface area contributed by atoms with E-state index >= 15 is 0 Å². The fourth-order valence-corrected chi connectivity index (χ4v) is 1.82. The molecule has 1 aromatic carbocycles. The molecule has 0 aliphatic carbocycles. The zero-order valence-electron chi connectivity index (χ0n) is 9.59. The van der Waals surface area contributed by atoms with Gasteiger partial charge < -0.3 is 14.4 Å². The number of carboxylic acid groups (broad SMARTS) is 1. The third-order valence-electron chi connectivity index (χ3n) is 2.56. The second-order valence-corrected chi connectivity index (χ2v) is 3.74. The van der Waals surface area contributed by atoms with Crippen LogP contribution in [0.4, 0.5) is 0 Å². The first-order chi connectivity index (χ1) is 8.22. The molecule has 0 bridgehead atoms. The van der Waals surface area contributed by atoms with Crippen molar-refractivity contribution in [1.82, 2.24) is 9.55 Å². The van der Waals surface area contributed by atoms with Gasteiger partial charge in [0.25, 0.3) is 0 Å². The van der Waals surface area contributed by atoms with Crippen LogP contribution in [0.5, 0.6) is 0 Å². The van der Waals surface area contributed by atoms with E-state index in [0.717, 1.165) is 16.9 Å². The monoisotopic (exact) mass is 234 g/mol. The summed E-state index contributed by atoms with van der Waals surface area (Å²) in [5.74, 6) is -0.123. The second-order valence-electron chi connectivity index (χ2n) is 3.74. The van der Waals surface area contributed by atoms with Crippen molar-refractivity contribution in [2.45, 2.75) is 13.0 Å². The predicted octanol–water partition coefficient (Wildman–Crippen LogP) is 1.31. The molecule has 1 aromatic heterocycles. The lowest BCUT2D eigenvalue weighted by molar-refractivity contribution is -0.137. The number of fused-ring (bicyclic) bond motifs is 1. The van der Waals surface area contributed by atoms with Gasteiger partial charge in [-0.25, -0.2) is 4.98 Å². The largest absolute Gasteiger partial charge is 0.480 e. The van der Waals surface area contributed by atoms with Gasteiger partial charge in [0.15, 0.2) is 0 Å². The van der Waals surface area contributed by atoms with Crippen molar-refractivity contribution in [3.05, 3.63) is 30.1 Å². The van der Waals surface area contributed by atoms with Gasteiger partial charge in [0, 0.05) is 13.5 Å². The van der Waals surface area contributed by atoms with E-state index in [-0.39, 0.29) is 6.54 Å².